The number of pyridine rings is 1. The molecule has 1 atom stereocenters. The first-order valence-electron chi connectivity index (χ1n) is 8.43. The Labute approximate surface area is 152 Å². The Kier molecular flexibility index (Phi) is 4.87. The second-order valence-electron chi connectivity index (χ2n) is 6.45. The SMILES string of the molecule is COC1(C(C)=O)CC=C(c2ccc(C#N)c(Nc3cc(C)[nH]n3)n2)CC1. The van der Waals surface area contributed by atoms with Crippen LogP contribution in [0.2, 0.25) is 0 Å². The molecule has 134 valence electrons. The fourth-order valence-electron chi connectivity index (χ4n) is 3.14. The van der Waals surface area contributed by atoms with Crippen LogP contribution in [0.5, 0.6) is 0 Å². The average Bonchev–Trinajstić information content (AvgIpc) is 3.06. The number of nitrogens with zero attached hydrogens (tertiary/aromatic N) is 3. The number of rotatable bonds is 5. The highest BCUT2D eigenvalue weighted by atomic mass is 16.5. The van der Waals surface area contributed by atoms with Crippen molar-refractivity contribution in [3.8, 4) is 6.07 Å². The van der Waals surface area contributed by atoms with E-state index in [0.717, 1.165) is 17.0 Å². The Morgan fingerprint density at radius 1 is 1.46 bits per heavy atom. The number of aromatic amines is 1. The number of anilines is 2. The van der Waals surface area contributed by atoms with E-state index in [1.165, 1.54) is 0 Å². The Balaban J connectivity index is 1.89. The van der Waals surface area contributed by atoms with E-state index in [0.29, 0.717) is 36.5 Å². The second-order valence-corrected chi connectivity index (χ2v) is 6.45. The number of H-pyrrole nitrogens is 1. The lowest BCUT2D eigenvalue weighted by molar-refractivity contribution is -0.139. The molecule has 0 spiro atoms. The van der Waals surface area contributed by atoms with Crippen LogP contribution in [0.25, 0.3) is 5.57 Å². The van der Waals surface area contributed by atoms with E-state index in [2.05, 4.69) is 26.6 Å². The zero-order chi connectivity index (χ0) is 18.7. The number of allylic oxidation sites excluding steroid dienone is 1. The molecule has 2 aromatic heterocycles. The number of aromatic nitrogens is 3. The molecule has 0 amide bonds. The van der Waals surface area contributed by atoms with Gasteiger partial charge in [-0.25, -0.2) is 4.98 Å². The summed E-state index contributed by atoms with van der Waals surface area (Å²) in [5, 5.41) is 19.4. The van der Waals surface area contributed by atoms with Gasteiger partial charge in [0.1, 0.15) is 17.5 Å². The molecule has 0 radical (unpaired) electrons. The lowest BCUT2D eigenvalue weighted by Crippen LogP contribution is -2.40. The van der Waals surface area contributed by atoms with E-state index in [-0.39, 0.29) is 5.78 Å². The Morgan fingerprint density at radius 2 is 2.27 bits per heavy atom. The summed E-state index contributed by atoms with van der Waals surface area (Å²) in [7, 11) is 1.58. The molecule has 2 heterocycles. The van der Waals surface area contributed by atoms with Gasteiger partial charge in [0.2, 0.25) is 0 Å². The highest BCUT2D eigenvalue weighted by molar-refractivity contribution is 5.86. The van der Waals surface area contributed by atoms with Crippen LogP contribution in [-0.4, -0.2) is 33.7 Å². The molecule has 26 heavy (non-hydrogen) atoms. The summed E-state index contributed by atoms with van der Waals surface area (Å²) < 4.78 is 5.48. The molecule has 0 aromatic carbocycles. The van der Waals surface area contributed by atoms with Crippen LogP contribution >= 0.6 is 0 Å². The van der Waals surface area contributed by atoms with Gasteiger partial charge >= 0.3 is 0 Å². The second kappa shape index (κ2) is 7.10. The van der Waals surface area contributed by atoms with Crippen molar-refractivity contribution in [1.82, 2.24) is 15.2 Å². The van der Waals surface area contributed by atoms with Crippen LogP contribution in [0.1, 0.15) is 43.1 Å². The number of aryl methyl sites for hydroxylation is 1. The normalized spacial score (nSPS) is 19.5. The number of nitrogens with one attached hydrogen (secondary N) is 2. The minimum atomic E-state index is -0.732. The minimum Gasteiger partial charge on any atom is -0.370 e. The molecular formula is C19H21N5O2. The molecular weight excluding hydrogens is 330 g/mol. The van der Waals surface area contributed by atoms with Crippen LogP contribution in [0.3, 0.4) is 0 Å². The molecule has 0 saturated carbocycles. The highest BCUT2D eigenvalue weighted by Crippen LogP contribution is 2.35. The largest absolute Gasteiger partial charge is 0.370 e. The smallest absolute Gasteiger partial charge is 0.161 e. The van der Waals surface area contributed by atoms with E-state index >= 15 is 0 Å². The molecule has 0 saturated heterocycles. The zero-order valence-electron chi connectivity index (χ0n) is 15.1. The summed E-state index contributed by atoms with van der Waals surface area (Å²) in [5.41, 5.74) is 2.46. The quantitative estimate of drug-likeness (QED) is 0.857. The Hall–Kier alpha value is -2.98. The fraction of sp³-hybridized carbons (Fsp3) is 0.368. The summed E-state index contributed by atoms with van der Waals surface area (Å²) in [6.45, 7) is 3.47. The summed E-state index contributed by atoms with van der Waals surface area (Å²) in [6, 6.07) is 7.56. The third-order valence-corrected chi connectivity index (χ3v) is 4.81. The lowest BCUT2D eigenvalue weighted by atomic mass is 9.81. The first-order valence-corrected chi connectivity index (χ1v) is 8.43. The average molecular weight is 351 g/mol. The summed E-state index contributed by atoms with van der Waals surface area (Å²) >= 11 is 0. The van der Waals surface area contributed by atoms with Crippen LogP contribution < -0.4 is 5.32 Å². The maximum atomic E-state index is 11.9. The number of ether oxygens (including phenoxy) is 1. The highest BCUT2D eigenvalue weighted by Gasteiger charge is 2.37. The molecule has 1 aliphatic carbocycles. The van der Waals surface area contributed by atoms with Crippen LogP contribution in [0.15, 0.2) is 24.3 Å². The van der Waals surface area contributed by atoms with Crippen LogP contribution in [0.4, 0.5) is 11.6 Å². The maximum Gasteiger partial charge on any atom is 0.161 e. The topological polar surface area (TPSA) is 104 Å². The van der Waals surface area contributed by atoms with E-state index in [9.17, 15) is 10.1 Å². The number of ketones is 1. The number of carbonyl (C=O) groups excluding carboxylic acids is 1. The number of hydrogen-bond donors (Lipinski definition) is 2. The third-order valence-electron chi connectivity index (χ3n) is 4.81. The third kappa shape index (κ3) is 3.37. The minimum absolute atomic E-state index is 0.0411. The predicted octanol–water partition coefficient (Wildman–Crippen LogP) is 3.27. The molecule has 2 N–H and O–H groups in total. The van der Waals surface area contributed by atoms with Crippen LogP contribution in [-0.2, 0) is 9.53 Å². The summed E-state index contributed by atoms with van der Waals surface area (Å²) in [6.07, 6.45) is 3.84. The van der Waals surface area contributed by atoms with E-state index in [1.54, 1.807) is 20.1 Å². The van der Waals surface area contributed by atoms with Crippen molar-refractivity contribution in [3.63, 3.8) is 0 Å². The summed E-state index contributed by atoms with van der Waals surface area (Å²) in [4.78, 5) is 16.5. The van der Waals surface area contributed by atoms with Crippen LogP contribution in [0, 0.1) is 18.3 Å². The molecule has 1 unspecified atom stereocenters. The van der Waals surface area contributed by atoms with Crippen molar-refractivity contribution in [2.45, 2.75) is 38.7 Å². The van der Waals surface area contributed by atoms with Gasteiger partial charge in [-0.05, 0) is 44.4 Å². The molecule has 2 aromatic rings. The van der Waals surface area contributed by atoms with Crippen molar-refractivity contribution >= 4 is 23.0 Å². The monoisotopic (exact) mass is 351 g/mol. The van der Waals surface area contributed by atoms with Crippen molar-refractivity contribution in [2.75, 3.05) is 12.4 Å². The molecule has 0 bridgehead atoms. The van der Waals surface area contributed by atoms with Crippen molar-refractivity contribution in [1.29, 1.82) is 5.26 Å². The van der Waals surface area contributed by atoms with Gasteiger partial charge in [-0.15, -0.1) is 0 Å². The Morgan fingerprint density at radius 3 is 2.81 bits per heavy atom. The number of hydrogen-bond acceptors (Lipinski definition) is 6. The van der Waals surface area contributed by atoms with Gasteiger partial charge in [-0.3, -0.25) is 9.89 Å². The van der Waals surface area contributed by atoms with Crippen molar-refractivity contribution < 1.29 is 9.53 Å². The predicted molar refractivity (Wildman–Crippen MR) is 97.8 cm³/mol. The van der Waals surface area contributed by atoms with E-state index in [4.69, 9.17) is 4.74 Å². The lowest BCUT2D eigenvalue weighted by Gasteiger charge is -2.32. The number of Topliss-reactive ketones (excluding diaryl/α,β-unsaturated/α-hetero) is 1. The van der Waals surface area contributed by atoms with Gasteiger partial charge in [0.15, 0.2) is 11.6 Å². The van der Waals surface area contributed by atoms with Gasteiger partial charge < -0.3 is 10.1 Å². The van der Waals surface area contributed by atoms with Crippen molar-refractivity contribution in [3.05, 3.63) is 41.2 Å². The van der Waals surface area contributed by atoms with E-state index < -0.39 is 5.60 Å². The van der Waals surface area contributed by atoms with Gasteiger partial charge in [0.25, 0.3) is 0 Å². The van der Waals surface area contributed by atoms with Gasteiger partial charge in [-0.2, -0.15) is 10.4 Å². The van der Waals surface area contributed by atoms with Gasteiger partial charge in [-0.1, -0.05) is 6.08 Å². The van der Waals surface area contributed by atoms with Gasteiger partial charge in [0.05, 0.1) is 11.3 Å². The Bertz CT molecular complexity index is 909. The molecule has 7 nitrogen and oxygen atoms in total. The number of nitriles is 1. The molecule has 7 heteroatoms. The molecule has 0 aliphatic heterocycles. The summed E-state index contributed by atoms with van der Waals surface area (Å²) in [5.74, 6) is 1.11. The van der Waals surface area contributed by atoms with Gasteiger partial charge in [0, 0.05) is 25.3 Å². The zero-order valence-corrected chi connectivity index (χ0v) is 15.1. The van der Waals surface area contributed by atoms with Crippen molar-refractivity contribution in [2.24, 2.45) is 0 Å². The fourth-order valence-corrected chi connectivity index (χ4v) is 3.14. The molecule has 1 aliphatic rings. The standard InChI is InChI=1S/C19H21N5O2/c1-12-10-17(24-23-12)22-18-15(11-20)4-5-16(21-18)14-6-8-19(26-3,9-7-14)13(2)25/h4-6,10H,7-9H2,1-3H3,(H2,21,22,23,24). The molecule has 0 fully saturated rings. The first kappa shape index (κ1) is 17.8. The first-order chi connectivity index (χ1) is 12.5. The maximum absolute atomic E-state index is 11.9. The number of methoxy groups -OCH3 is 1. The molecule has 3 rings (SSSR count). The van der Waals surface area contributed by atoms with E-state index in [1.807, 2.05) is 25.1 Å². The number of carbonyl (C=O) groups is 1.